The van der Waals surface area contributed by atoms with Crippen molar-refractivity contribution in [3.63, 3.8) is 0 Å². The summed E-state index contributed by atoms with van der Waals surface area (Å²) in [4.78, 5) is 12.8. The van der Waals surface area contributed by atoms with Gasteiger partial charge in [0.2, 0.25) is 5.91 Å². The lowest BCUT2D eigenvalue weighted by atomic mass is 10.0. The average molecular weight is 250 g/mol. The van der Waals surface area contributed by atoms with E-state index in [0.717, 1.165) is 10.5 Å². The van der Waals surface area contributed by atoms with Crippen molar-refractivity contribution >= 4 is 5.91 Å². The predicted octanol–water partition coefficient (Wildman–Crippen LogP) is 1.71. The van der Waals surface area contributed by atoms with Gasteiger partial charge in [0.05, 0.1) is 0 Å². The summed E-state index contributed by atoms with van der Waals surface area (Å²) >= 11 is 0. The third-order valence-electron chi connectivity index (χ3n) is 2.68. The summed E-state index contributed by atoms with van der Waals surface area (Å²) in [5, 5.41) is 2.97. The first-order chi connectivity index (χ1) is 7.85. The molecule has 1 heterocycles. The molecular formula is C11H17F3N2O. The number of carbonyl (C=O) groups excluding carboxylic acids is 1. The van der Waals surface area contributed by atoms with Crippen molar-refractivity contribution in [1.82, 2.24) is 10.2 Å². The number of amides is 1. The lowest BCUT2D eigenvalue weighted by Crippen LogP contribution is -2.42. The van der Waals surface area contributed by atoms with Crippen LogP contribution in [-0.2, 0) is 4.79 Å². The van der Waals surface area contributed by atoms with Crippen molar-refractivity contribution in [2.45, 2.75) is 26.4 Å². The van der Waals surface area contributed by atoms with Gasteiger partial charge in [0.25, 0.3) is 0 Å². The normalized spacial score (nSPS) is 15.5. The smallest absolute Gasteiger partial charge is 0.330 e. The molecule has 3 nitrogen and oxygen atoms in total. The lowest BCUT2D eigenvalue weighted by molar-refractivity contribution is -0.158. The molecule has 1 N–H and O–H groups in total. The van der Waals surface area contributed by atoms with Crippen molar-refractivity contribution < 1.29 is 18.0 Å². The predicted molar refractivity (Wildman–Crippen MR) is 58.5 cm³/mol. The largest absolute Gasteiger partial charge is 0.406 e. The first-order valence-electron chi connectivity index (χ1n) is 5.60. The second-order valence-corrected chi connectivity index (χ2v) is 4.17. The molecule has 1 aliphatic rings. The van der Waals surface area contributed by atoms with Gasteiger partial charge >= 0.3 is 6.18 Å². The third kappa shape index (κ3) is 4.03. The molecule has 0 aromatic heterocycles. The van der Waals surface area contributed by atoms with E-state index in [1.807, 2.05) is 0 Å². The number of alkyl halides is 3. The molecule has 0 aromatic rings. The van der Waals surface area contributed by atoms with Crippen LogP contribution in [0, 0.1) is 0 Å². The second kappa shape index (κ2) is 5.53. The molecule has 6 heteroatoms. The van der Waals surface area contributed by atoms with Crippen molar-refractivity contribution in [3.8, 4) is 0 Å². The summed E-state index contributed by atoms with van der Waals surface area (Å²) in [6, 6.07) is 0. The summed E-state index contributed by atoms with van der Waals surface area (Å²) in [5.74, 6) is -0.499. The zero-order valence-electron chi connectivity index (χ0n) is 10.0. The highest BCUT2D eigenvalue weighted by Gasteiger charge is 2.33. The van der Waals surface area contributed by atoms with Gasteiger partial charge in [0.15, 0.2) is 0 Å². The van der Waals surface area contributed by atoms with Gasteiger partial charge in [0.1, 0.15) is 6.54 Å². The van der Waals surface area contributed by atoms with Crippen LogP contribution in [-0.4, -0.2) is 43.2 Å². The first kappa shape index (κ1) is 14.0. The quantitative estimate of drug-likeness (QED) is 0.770. The van der Waals surface area contributed by atoms with Crippen LogP contribution < -0.4 is 5.32 Å². The van der Waals surface area contributed by atoms with Gasteiger partial charge in [0, 0.05) is 25.2 Å². The minimum atomic E-state index is -4.34. The molecule has 17 heavy (non-hydrogen) atoms. The number of carbonyl (C=O) groups is 1. The number of hydrogen-bond acceptors (Lipinski definition) is 2. The topological polar surface area (TPSA) is 32.3 Å². The summed E-state index contributed by atoms with van der Waals surface area (Å²) in [6.07, 6.45) is -3.82. The van der Waals surface area contributed by atoms with Crippen molar-refractivity contribution in [2.75, 3.05) is 26.2 Å². The minimum Gasteiger partial charge on any atom is -0.330 e. The highest BCUT2D eigenvalue weighted by molar-refractivity contribution is 5.94. The molecule has 1 fully saturated rings. The van der Waals surface area contributed by atoms with Crippen LogP contribution in [0.4, 0.5) is 13.2 Å². The third-order valence-corrected chi connectivity index (χ3v) is 2.68. The monoisotopic (exact) mass is 250 g/mol. The summed E-state index contributed by atoms with van der Waals surface area (Å²) < 4.78 is 37.0. The summed E-state index contributed by atoms with van der Waals surface area (Å²) in [7, 11) is 0. The van der Waals surface area contributed by atoms with E-state index in [0.29, 0.717) is 25.1 Å². The Balaban J connectivity index is 2.73. The highest BCUT2D eigenvalue weighted by atomic mass is 19.4. The van der Waals surface area contributed by atoms with Crippen molar-refractivity contribution in [2.24, 2.45) is 0 Å². The standard InChI is InChI=1S/C11H17F3N2O/c1-3-4-16(7-11(12,13)14)10(17)8(2)9-5-15-6-9/h15H,3-7H2,1-2H3. The van der Waals surface area contributed by atoms with Crippen LogP contribution in [0.15, 0.2) is 11.1 Å². The fourth-order valence-electron chi connectivity index (χ4n) is 1.64. The van der Waals surface area contributed by atoms with Crippen LogP contribution in [0.3, 0.4) is 0 Å². The molecule has 1 amide bonds. The fraction of sp³-hybridized carbons (Fsp3) is 0.727. The Labute approximate surface area is 98.7 Å². The van der Waals surface area contributed by atoms with E-state index in [-0.39, 0.29) is 6.54 Å². The Bertz CT molecular complexity index is 317. The molecule has 0 bridgehead atoms. The van der Waals surface area contributed by atoms with E-state index in [4.69, 9.17) is 0 Å². The van der Waals surface area contributed by atoms with Crippen LogP contribution >= 0.6 is 0 Å². The van der Waals surface area contributed by atoms with E-state index in [1.165, 1.54) is 0 Å². The van der Waals surface area contributed by atoms with Gasteiger partial charge in [-0.05, 0) is 18.9 Å². The highest BCUT2D eigenvalue weighted by Crippen LogP contribution is 2.19. The van der Waals surface area contributed by atoms with Gasteiger partial charge in [-0.15, -0.1) is 0 Å². The van der Waals surface area contributed by atoms with E-state index >= 15 is 0 Å². The zero-order chi connectivity index (χ0) is 13.1. The van der Waals surface area contributed by atoms with Crippen LogP contribution in [0.5, 0.6) is 0 Å². The van der Waals surface area contributed by atoms with E-state index in [2.05, 4.69) is 5.32 Å². The van der Waals surface area contributed by atoms with Gasteiger partial charge in [-0.2, -0.15) is 13.2 Å². The maximum atomic E-state index is 12.3. The summed E-state index contributed by atoms with van der Waals surface area (Å²) in [6.45, 7) is 3.52. The molecule has 0 unspecified atom stereocenters. The molecule has 0 saturated carbocycles. The molecule has 1 saturated heterocycles. The number of hydrogen-bond donors (Lipinski definition) is 1. The maximum absolute atomic E-state index is 12.3. The van der Waals surface area contributed by atoms with E-state index in [1.54, 1.807) is 13.8 Å². The molecule has 0 aliphatic carbocycles. The zero-order valence-corrected chi connectivity index (χ0v) is 10.0. The van der Waals surface area contributed by atoms with Crippen molar-refractivity contribution in [1.29, 1.82) is 0 Å². The van der Waals surface area contributed by atoms with Crippen LogP contribution in [0.1, 0.15) is 20.3 Å². The van der Waals surface area contributed by atoms with E-state index < -0.39 is 18.6 Å². The fourth-order valence-corrected chi connectivity index (χ4v) is 1.64. The Hall–Kier alpha value is -1.04. The first-order valence-corrected chi connectivity index (χ1v) is 5.60. The van der Waals surface area contributed by atoms with E-state index in [9.17, 15) is 18.0 Å². The average Bonchev–Trinajstić information content (AvgIpc) is 2.11. The Morgan fingerprint density at radius 2 is 2.00 bits per heavy atom. The number of nitrogens with zero attached hydrogens (tertiary/aromatic N) is 1. The molecule has 1 aliphatic heterocycles. The summed E-state index contributed by atoms with van der Waals surface area (Å²) in [5.41, 5.74) is 1.35. The second-order valence-electron chi connectivity index (χ2n) is 4.17. The van der Waals surface area contributed by atoms with Gasteiger partial charge < -0.3 is 10.2 Å². The van der Waals surface area contributed by atoms with Crippen LogP contribution in [0.2, 0.25) is 0 Å². The maximum Gasteiger partial charge on any atom is 0.406 e. The molecule has 1 rings (SSSR count). The number of halogens is 3. The van der Waals surface area contributed by atoms with Gasteiger partial charge in [-0.3, -0.25) is 4.79 Å². The molecule has 0 atom stereocenters. The Morgan fingerprint density at radius 3 is 2.35 bits per heavy atom. The SMILES string of the molecule is CCCN(CC(F)(F)F)C(=O)C(C)=C1CNC1. The van der Waals surface area contributed by atoms with Crippen molar-refractivity contribution in [3.05, 3.63) is 11.1 Å². The molecule has 98 valence electrons. The number of rotatable bonds is 4. The number of nitrogens with one attached hydrogen (secondary N) is 1. The minimum absolute atomic E-state index is 0.135. The van der Waals surface area contributed by atoms with Crippen LogP contribution in [0.25, 0.3) is 0 Å². The molecular weight excluding hydrogens is 233 g/mol. The van der Waals surface area contributed by atoms with Gasteiger partial charge in [-0.1, -0.05) is 6.92 Å². The Morgan fingerprint density at radius 1 is 1.41 bits per heavy atom. The molecule has 0 spiro atoms. The Kier molecular flexibility index (Phi) is 4.56. The van der Waals surface area contributed by atoms with Gasteiger partial charge in [-0.25, -0.2) is 0 Å². The molecule has 0 aromatic carbocycles. The molecule has 0 radical (unpaired) electrons. The lowest BCUT2D eigenvalue weighted by Gasteiger charge is -2.27.